The molecule has 254 valence electrons. The summed E-state index contributed by atoms with van der Waals surface area (Å²) in [6, 6.07) is 5.71. The van der Waals surface area contributed by atoms with Crippen molar-refractivity contribution in [2.24, 2.45) is 11.8 Å². The van der Waals surface area contributed by atoms with Crippen LogP contribution in [0.4, 0.5) is 22.0 Å². The standard InChI is InChI=1S/C35H49F5O4S/c1-2-44-33(43)26(14-10-7-8-12-22-34(36,37)35(38,39)40)13-9-5-3-4-6-11-15-29-30-21-20-28(42)23-32(30)45-24-31(29)25-16-18-27(41)19-17-25/h16,18,20-21,23,26,29,31,41-42H,2-15,17,19,22,24H2,1H3. The molecule has 0 saturated carbocycles. The molecule has 3 unspecified atom stereocenters. The molecule has 0 spiro atoms. The maximum atomic E-state index is 13.1. The van der Waals surface area contributed by atoms with Gasteiger partial charge in [-0.2, -0.15) is 22.0 Å². The van der Waals surface area contributed by atoms with Gasteiger partial charge in [0.2, 0.25) is 0 Å². The summed E-state index contributed by atoms with van der Waals surface area (Å²) in [5, 5.41) is 19.8. The van der Waals surface area contributed by atoms with Gasteiger partial charge in [-0.15, -0.1) is 11.8 Å². The summed E-state index contributed by atoms with van der Waals surface area (Å²) in [5.74, 6) is -2.68. The Balaban J connectivity index is 1.37. The summed E-state index contributed by atoms with van der Waals surface area (Å²) in [4.78, 5) is 13.6. The molecule has 4 nitrogen and oxygen atoms in total. The zero-order valence-electron chi connectivity index (χ0n) is 26.4. The van der Waals surface area contributed by atoms with Gasteiger partial charge in [-0.05, 0) is 74.6 Å². The van der Waals surface area contributed by atoms with Crippen LogP contribution in [0.25, 0.3) is 0 Å². The van der Waals surface area contributed by atoms with Crippen molar-refractivity contribution in [3.8, 4) is 5.75 Å². The number of benzene rings is 1. The van der Waals surface area contributed by atoms with Gasteiger partial charge < -0.3 is 14.9 Å². The van der Waals surface area contributed by atoms with E-state index in [1.807, 2.05) is 12.1 Å². The highest BCUT2D eigenvalue weighted by molar-refractivity contribution is 7.99. The first-order chi connectivity index (χ1) is 21.4. The second-order valence-electron chi connectivity index (χ2n) is 12.4. The molecule has 0 fully saturated rings. The van der Waals surface area contributed by atoms with E-state index < -0.39 is 18.5 Å². The summed E-state index contributed by atoms with van der Waals surface area (Å²) < 4.78 is 68.3. The van der Waals surface area contributed by atoms with Crippen LogP contribution in [0, 0.1) is 11.8 Å². The van der Waals surface area contributed by atoms with Gasteiger partial charge in [0.05, 0.1) is 18.3 Å². The van der Waals surface area contributed by atoms with E-state index in [2.05, 4.69) is 12.1 Å². The number of phenolic OH excluding ortho intramolecular Hbond substituents is 1. The molecule has 1 aliphatic heterocycles. The van der Waals surface area contributed by atoms with Crippen LogP contribution in [0.1, 0.15) is 121 Å². The number of esters is 1. The molecule has 1 heterocycles. The highest BCUT2D eigenvalue weighted by Crippen LogP contribution is 2.48. The number of ether oxygens (including phenoxy) is 1. The third kappa shape index (κ3) is 11.8. The van der Waals surface area contributed by atoms with E-state index in [9.17, 15) is 37.0 Å². The highest BCUT2D eigenvalue weighted by Gasteiger charge is 2.56. The average Bonchev–Trinajstić information content (AvgIpc) is 2.98. The summed E-state index contributed by atoms with van der Waals surface area (Å²) in [6.07, 6.45) is 8.51. The van der Waals surface area contributed by atoms with Crippen molar-refractivity contribution in [3.05, 3.63) is 47.2 Å². The largest absolute Gasteiger partial charge is 0.512 e. The lowest BCUT2D eigenvalue weighted by Crippen LogP contribution is -2.36. The Bertz CT molecular complexity index is 1130. The molecule has 3 rings (SSSR count). The number of rotatable bonds is 19. The van der Waals surface area contributed by atoms with Crippen molar-refractivity contribution >= 4 is 17.7 Å². The van der Waals surface area contributed by atoms with Crippen molar-refractivity contribution in [2.45, 2.75) is 133 Å². The first-order valence-electron chi connectivity index (χ1n) is 16.6. The Hall–Kier alpha value is -2.23. The molecule has 45 heavy (non-hydrogen) atoms. The molecule has 2 N–H and O–H groups in total. The third-order valence-electron chi connectivity index (χ3n) is 9.08. The number of phenols is 1. The molecule has 0 bridgehead atoms. The number of aliphatic hydroxyl groups is 1. The first-order valence-corrected chi connectivity index (χ1v) is 17.6. The molecule has 2 aliphatic rings. The van der Waals surface area contributed by atoms with Crippen molar-refractivity contribution in [3.63, 3.8) is 0 Å². The molecule has 1 aromatic carbocycles. The number of hydrogen-bond donors (Lipinski definition) is 2. The summed E-state index contributed by atoms with van der Waals surface area (Å²) >= 11 is 1.80. The highest BCUT2D eigenvalue weighted by atomic mass is 32.2. The normalized spacial score (nSPS) is 19.4. The number of thioether (sulfide) groups is 1. The fourth-order valence-corrected chi connectivity index (χ4v) is 7.87. The van der Waals surface area contributed by atoms with Gasteiger partial charge in [0.1, 0.15) is 5.75 Å². The second-order valence-corrected chi connectivity index (χ2v) is 13.5. The predicted octanol–water partition coefficient (Wildman–Crippen LogP) is 11.2. The van der Waals surface area contributed by atoms with Gasteiger partial charge in [-0.3, -0.25) is 4.79 Å². The SMILES string of the molecule is CCOC(=O)C(CCCCCCCCC1c2ccc(O)cc2SCC1C1=CC=C(O)CC1)CCCCCCC(F)(F)C(F)(F)F. The monoisotopic (exact) mass is 660 g/mol. The number of allylic oxidation sites excluding steroid dienone is 4. The van der Waals surface area contributed by atoms with Gasteiger partial charge in [-0.1, -0.05) is 75.5 Å². The quantitative estimate of drug-likeness (QED) is 0.0878. The minimum Gasteiger partial charge on any atom is -0.512 e. The number of aromatic hydroxyl groups is 1. The minimum atomic E-state index is -5.51. The van der Waals surface area contributed by atoms with E-state index in [-0.39, 0.29) is 31.3 Å². The first kappa shape index (κ1) is 37.2. The van der Waals surface area contributed by atoms with E-state index in [4.69, 9.17) is 4.74 Å². The maximum absolute atomic E-state index is 13.1. The lowest BCUT2D eigenvalue weighted by Gasteiger charge is -2.36. The van der Waals surface area contributed by atoms with Crippen molar-refractivity contribution in [2.75, 3.05) is 12.4 Å². The molecular formula is C35H49F5O4S. The molecule has 1 aromatic rings. The summed E-state index contributed by atoms with van der Waals surface area (Å²) in [7, 11) is 0. The molecule has 0 saturated heterocycles. The van der Waals surface area contributed by atoms with Crippen LogP contribution in [0.5, 0.6) is 5.75 Å². The Morgan fingerprint density at radius 2 is 1.56 bits per heavy atom. The molecule has 1 aliphatic carbocycles. The van der Waals surface area contributed by atoms with Gasteiger partial charge in [-0.25, -0.2) is 0 Å². The number of carbonyl (C=O) groups excluding carboxylic acids is 1. The third-order valence-corrected chi connectivity index (χ3v) is 10.3. The number of unbranched alkanes of at least 4 members (excludes halogenated alkanes) is 8. The van der Waals surface area contributed by atoms with Crippen molar-refractivity contribution < 1.29 is 41.7 Å². The summed E-state index contributed by atoms with van der Waals surface area (Å²) in [6.45, 7) is 2.03. The fraction of sp³-hybridized carbons (Fsp3) is 0.686. The van der Waals surface area contributed by atoms with Crippen LogP contribution in [-0.4, -0.2) is 40.6 Å². The van der Waals surface area contributed by atoms with Gasteiger partial charge in [0, 0.05) is 23.5 Å². The average molecular weight is 661 g/mol. The van der Waals surface area contributed by atoms with Crippen molar-refractivity contribution in [1.82, 2.24) is 0 Å². The van der Waals surface area contributed by atoms with Gasteiger partial charge >= 0.3 is 18.1 Å². The molecule has 0 amide bonds. The Morgan fingerprint density at radius 1 is 0.911 bits per heavy atom. The number of halogens is 5. The fourth-order valence-electron chi connectivity index (χ4n) is 6.48. The van der Waals surface area contributed by atoms with Crippen LogP contribution in [-0.2, 0) is 9.53 Å². The number of alkyl halides is 5. The Labute approximate surface area is 268 Å². The van der Waals surface area contributed by atoms with Crippen LogP contribution in [0.3, 0.4) is 0 Å². The number of aliphatic hydroxyl groups excluding tert-OH is 1. The van der Waals surface area contributed by atoms with Gasteiger partial charge in [0.15, 0.2) is 0 Å². The minimum absolute atomic E-state index is 0.202. The molecule has 0 aromatic heterocycles. The Morgan fingerprint density at radius 3 is 2.18 bits per heavy atom. The van der Waals surface area contributed by atoms with E-state index in [0.717, 1.165) is 62.0 Å². The van der Waals surface area contributed by atoms with E-state index in [0.29, 0.717) is 55.4 Å². The number of carbonyl (C=O) groups is 1. The Kier molecular flexibility index (Phi) is 15.1. The lowest BCUT2D eigenvalue weighted by molar-refractivity contribution is -0.284. The van der Waals surface area contributed by atoms with Crippen LogP contribution < -0.4 is 0 Å². The summed E-state index contributed by atoms with van der Waals surface area (Å²) in [5.41, 5.74) is 2.70. The zero-order chi connectivity index (χ0) is 32.9. The second kappa shape index (κ2) is 18.2. The maximum Gasteiger partial charge on any atom is 0.453 e. The molecular weight excluding hydrogens is 611 g/mol. The van der Waals surface area contributed by atoms with Gasteiger partial charge in [0.25, 0.3) is 0 Å². The number of hydrogen-bond acceptors (Lipinski definition) is 5. The topological polar surface area (TPSA) is 66.8 Å². The van der Waals surface area contributed by atoms with E-state index in [1.54, 1.807) is 24.8 Å². The molecule has 10 heteroatoms. The molecule has 3 atom stereocenters. The molecule has 0 radical (unpaired) electrons. The zero-order valence-corrected chi connectivity index (χ0v) is 27.2. The van der Waals surface area contributed by atoms with Crippen molar-refractivity contribution in [1.29, 1.82) is 0 Å². The number of fused-ring (bicyclic) bond motifs is 1. The smallest absolute Gasteiger partial charge is 0.453 e. The lowest BCUT2D eigenvalue weighted by atomic mass is 9.76. The van der Waals surface area contributed by atoms with Crippen LogP contribution in [0.15, 0.2) is 46.6 Å². The van der Waals surface area contributed by atoms with E-state index in [1.165, 1.54) is 11.1 Å². The van der Waals surface area contributed by atoms with Crippen LogP contribution >= 0.6 is 11.8 Å². The van der Waals surface area contributed by atoms with E-state index >= 15 is 0 Å². The predicted molar refractivity (Wildman–Crippen MR) is 169 cm³/mol. The van der Waals surface area contributed by atoms with Crippen LogP contribution in [0.2, 0.25) is 0 Å².